The molecule has 0 heterocycles. The molecule has 0 saturated heterocycles. The Kier molecular flexibility index (Phi) is 10.2. The van der Waals surface area contributed by atoms with Crippen molar-refractivity contribution < 1.29 is 19.4 Å². The summed E-state index contributed by atoms with van der Waals surface area (Å²) in [6, 6.07) is 0. The molecule has 1 N–H and O–H groups in total. The molecule has 0 aromatic carbocycles. The molecule has 4 atom stereocenters. The molecule has 2 aliphatic rings. The van der Waals surface area contributed by atoms with Crippen molar-refractivity contribution in [1.82, 2.24) is 0 Å². The molecule has 0 aromatic rings. The lowest BCUT2D eigenvalue weighted by Crippen LogP contribution is -2.21. The molecule has 29 heavy (non-hydrogen) atoms. The van der Waals surface area contributed by atoms with E-state index in [4.69, 9.17) is 16.3 Å². The van der Waals surface area contributed by atoms with Crippen LogP contribution < -0.4 is 0 Å². The average molecular weight is 423 g/mol. The molecule has 2 rings (SSSR count). The number of aliphatic hydroxyl groups is 1. The van der Waals surface area contributed by atoms with E-state index in [1.54, 1.807) is 0 Å². The third kappa shape index (κ3) is 7.42. The van der Waals surface area contributed by atoms with Crippen molar-refractivity contribution in [3.05, 3.63) is 34.9 Å². The SMILES string of the molecule is CCCCCC(=O)/C(Cl)=C/[C@@H]1[C@H]2CCC(/C=C\CCC(=O)OCC)=C[C@H]2C[C@H]1O. The zero-order valence-electron chi connectivity index (χ0n) is 17.7. The van der Waals surface area contributed by atoms with Gasteiger partial charge in [0, 0.05) is 18.8 Å². The number of rotatable bonds is 11. The van der Waals surface area contributed by atoms with Crippen LogP contribution in [0.3, 0.4) is 0 Å². The van der Waals surface area contributed by atoms with E-state index >= 15 is 0 Å². The molecule has 0 aromatic heterocycles. The Balaban J connectivity index is 1.91. The molecule has 5 heteroatoms. The van der Waals surface area contributed by atoms with Gasteiger partial charge in [-0.1, -0.05) is 61.2 Å². The van der Waals surface area contributed by atoms with Crippen LogP contribution in [0, 0.1) is 17.8 Å². The first-order chi connectivity index (χ1) is 14.0. The summed E-state index contributed by atoms with van der Waals surface area (Å²) in [5.74, 6) is 0.424. The number of carbonyl (C=O) groups is 2. The first-order valence-corrected chi connectivity index (χ1v) is 11.5. The second-order valence-electron chi connectivity index (χ2n) is 8.13. The lowest BCUT2D eigenvalue weighted by molar-refractivity contribution is -0.143. The fourth-order valence-corrected chi connectivity index (χ4v) is 4.67. The van der Waals surface area contributed by atoms with Crippen molar-refractivity contribution >= 4 is 23.4 Å². The fraction of sp³-hybridized carbons (Fsp3) is 0.667. The minimum absolute atomic E-state index is 0.00709. The van der Waals surface area contributed by atoms with Crippen molar-refractivity contribution in [3.63, 3.8) is 0 Å². The number of hydrogen-bond donors (Lipinski definition) is 1. The number of Topliss-reactive ketones (excluding diaryl/α,β-unsaturated/α-hetero) is 1. The molecule has 0 bridgehead atoms. The second-order valence-corrected chi connectivity index (χ2v) is 8.54. The van der Waals surface area contributed by atoms with Crippen molar-refractivity contribution in [3.8, 4) is 0 Å². The van der Waals surface area contributed by atoms with Gasteiger partial charge in [0.05, 0.1) is 17.7 Å². The zero-order valence-corrected chi connectivity index (χ0v) is 18.5. The van der Waals surface area contributed by atoms with E-state index in [-0.39, 0.29) is 17.7 Å². The third-order valence-electron chi connectivity index (χ3n) is 5.96. The van der Waals surface area contributed by atoms with Gasteiger partial charge < -0.3 is 9.84 Å². The van der Waals surface area contributed by atoms with Crippen LogP contribution in [0.5, 0.6) is 0 Å². The Hall–Kier alpha value is -1.39. The number of carbonyl (C=O) groups excluding carboxylic acids is 2. The minimum atomic E-state index is -0.453. The first kappa shape index (κ1) is 23.9. The number of ether oxygens (including phenoxy) is 1. The molecule has 4 nitrogen and oxygen atoms in total. The fourth-order valence-electron chi connectivity index (χ4n) is 4.43. The maximum atomic E-state index is 12.2. The van der Waals surface area contributed by atoms with E-state index in [0.29, 0.717) is 49.2 Å². The highest BCUT2D eigenvalue weighted by Gasteiger charge is 2.41. The normalized spacial score (nSPS) is 27.0. The van der Waals surface area contributed by atoms with Gasteiger partial charge in [-0.25, -0.2) is 0 Å². The largest absolute Gasteiger partial charge is 0.466 e. The summed E-state index contributed by atoms with van der Waals surface area (Å²) >= 11 is 6.28. The first-order valence-electron chi connectivity index (χ1n) is 11.1. The molecule has 0 radical (unpaired) electrons. The highest BCUT2D eigenvalue weighted by Crippen LogP contribution is 2.46. The van der Waals surface area contributed by atoms with Crippen LogP contribution in [0.4, 0.5) is 0 Å². The van der Waals surface area contributed by atoms with E-state index in [9.17, 15) is 14.7 Å². The van der Waals surface area contributed by atoms with Crippen molar-refractivity contribution in [2.45, 2.75) is 77.7 Å². The van der Waals surface area contributed by atoms with Gasteiger partial charge in [0.25, 0.3) is 0 Å². The highest BCUT2D eigenvalue weighted by atomic mass is 35.5. The minimum Gasteiger partial charge on any atom is -0.466 e. The Bertz CT molecular complexity index is 649. The van der Waals surface area contributed by atoms with E-state index in [1.165, 1.54) is 5.57 Å². The number of fused-ring (bicyclic) bond motifs is 1. The van der Waals surface area contributed by atoms with Crippen LogP contribution in [0.15, 0.2) is 34.9 Å². The summed E-state index contributed by atoms with van der Waals surface area (Å²) in [6.07, 6.45) is 14.9. The van der Waals surface area contributed by atoms with Gasteiger partial charge in [0.1, 0.15) is 0 Å². The van der Waals surface area contributed by atoms with Crippen LogP contribution in [0.1, 0.15) is 71.6 Å². The summed E-state index contributed by atoms with van der Waals surface area (Å²) in [6.45, 7) is 4.34. The van der Waals surface area contributed by atoms with Gasteiger partial charge in [-0.3, -0.25) is 9.59 Å². The van der Waals surface area contributed by atoms with Gasteiger partial charge in [-0.15, -0.1) is 0 Å². The number of aliphatic hydroxyl groups excluding tert-OH is 1. The molecule has 0 spiro atoms. The molecule has 0 amide bonds. The van der Waals surface area contributed by atoms with Crippen LogP contribution in [0.25, 0.3) is 0 Å². The smallest absolute Gasteiger partial charge is 0.306 e. The van der Waals surface area contributed by atoms with Gasteiger partial charge in [0.2, 0.25) is 0 Å². The summed E-state index contributed by atoms with van der Waals surface area (Å²) in [5, 5.41) is 10.9. The van der Waals surface area contributed by atoms with Crippen molar-refractivity contribution in [2.75, 3.05) is 6.61 Å². The van der Waals surface area contributed by atoms with E-state index in [2.05, 4.69) is 19.1 Å². The number of allylic oxidation sites excluding steroid dienone is 5. The molecular formula is C24H35ClO4. The second kappa shape index (κ2) is 12.3. The summed E-state index contributed by atoms with van der Waals surface area (Å²) in [5.41, 5.74) is 1.26. The van der Waals surface area contributed by atoms with Gasteiger partial charge in [-0.2, -0.15) is 0 Å². The number of halogens is 1. The Morgan fingerprint density at radius 1 is 1.28 bits per heavy atom. The summed E-state index contributed by atoms with van der Waals surface area (Å²) < 4.78 is 4.93. The van der Waals surface area contributed by atoms with Crippen LogP contribution in [-0.2, 0) is 14.3 Å². The van der Waals surface area contributed by atoms with Crippen LogP contribution in [-0.4, -0.2) is 29.6 Å². The predicted molar refractivity (Wildman–Crippen MR) is 117 cm³/mol. The Morgan fingerprint density at radius 3 is 2.79 bits per heavy atom. The maximum absolute atomic E-state index is 12.2. The van der Waals surface area contributed by atoms with Gasteiger partial charge in [-0.05, 0) is 50.9 Å². The topological polar surface area (TPSA) is 63.6 Å². The Labute approximate surface area is 180 Å². The van der Waals surface area contributed by atoms with Crippen molar-refractivity contribution in [1.29, 1.82) is 0 Å². The number of unbranched alkanes of at least 4 members (excludes halogenated alkanes) is 2. The zero-order chi connectivity index (χ0) is 21.2. The third-order valence-corrected chi connectivity index (χ3v) is 6.30. The molecule has 1 saturated carbocycles. The molecule has 162 valence electrons. The number of hydrogen-bond acceptors (Lipinski definition) is 4. The monoisotopic (exact) mass is 422 g/mol. The average Bonchev–Trinajstić information content (AvgIpc) is 3.00. The molecule has 0 unspecified atom stereocenters. The Morgan fingerprint density at radius 2 is 2.07 bits per heavy atom. The number of ketones is 1. The molecule has 0 aliphatic heterocycles. The highest BCUT2D eigenvalue weighted by molar-refractivity contribution is 6.42. The van der Waals surface area contributed by atoms with Gasteiger partial charge in [0.15, 0.2) is 5.78 Å². The van der Waals surface area contributed by atoms with Crippen LogP contribution in [0.2, 0.25) is 0 Å². The van der Waals surface area contributed by atoms with Gasteiger partial charge >= 0.3 is 5.97 Å². The summed E-state index contributed by atoms with van der Waals surface area (Å²) in [4.78, 5) is 23.6. The number of esters is 1. The lowest BCUT2D eigenvalue weighted by atomic mass is 9.78. The standard InChI is InChI=1S/C24H35ClO4/c1-3-5-6-10-22(26)21(25)16-20-19-13-12-17(14-18(19)15-23(20)27)9-7-8-11-24(28)29-4-2/h7,9,14,16,18-20,23,27H,3-6,8,10-13,15H2,1-2H3/b9-7-,21-16-/t18-,19-,20+,23+/m0/s1. The van der Waals surface area contributed by atoms with E-state index < -0.39 is 6.10 Å². The van der Waals surface area contributed by atoms with Crippen molar-refractivity contribution in [2.24, 2.45) is 17.8 Å². The predicted octanol–water partition coefficient (Wildman–Crippen LogP) is 5.49. The lowest BCUT2D eigenvalue weighted by Gasteiger charge is -2.26. The molecule has 1 fully saturated rings. The quantitative estimate of drug-likeness (QED) is 0.271. The van der Waals surface area contributed by atoms with E-state index in [0.717, 1.165) is 32.1 Å². The molecule has 2 aliphatic carbocycles. The summed E-state index contributed by atoms with van der Waals surface area (Å²) in [7, 11) is 0. The molecular weight excluding hydrogens is 388 g/mol. The maximum Gasteiger partial charge on any atom is 0.306 e. The van der Waals surface area contributed by atoms with E-state index in [1.807, 2.05) is 19.1 Å². The van der Waals surface area contributed by atoms with Crippen LogP contribution >= 0.6 is 11.6 Å².